The molecule has 0 fully saturated rings. The lowest BCUT2D eigenvalue weighted by atomic mass is 10.1. The van der Waals surface area contributed by atoms with Gasteiger partial charge in [-0.15, -0.1) is 0 Å². The summed E-state index contributed by atoms with van der Waals surface area (Å²) in [5.74, 6) is 0.943. The second-order valence-corrected chi connectivity index (χ2v) is 4.44. The Labute approximate surface area is 103 Å². The van der Waals surface area contributed by atoms with Gasteiger partial charge in [0.15, 0.2) is 0 Å². The fraction of sp³-hybridized carbons (Fsp3) is 0.500. The molecule has 0 aliphatic carbocycles. The molecule has 0 amide bonds. The number of aryl methyl sites for hydroxylation is 1. The molecule has 0 saturated heterocycles. The van der Waals surface area contributed by atoms with Gasteiger partial charge >= 0.3 is 0 Å². The smallest absolute Gasteiger partial charge is 0.143 e. The predicted molar refractivity (Wildman–Crippen MR) is 68.4 cm³/mol. The summed E-state index contributed by atoms with van der Waals surface area (Å²) in [6.07, 6.45) is 1.77. The molecule has 3 nitrogen and oxygen atoms in total. The second-order valence-electron chi connectivity index (χ2n) is 4.44. The van der Waals surface area contributed by atoms with E-state index in [9.17, 15) is 0 Å². The minimum Gasteiger partial charge on any atom is -0.487 e. The van der Waals surface area contributed by atoms with Gasteiger partial charge in [-0.2, -0.15) is 5.26 Å². The van der Waals surface area contributed by atoms with Gasteiger partial charge in [0.25, 0.3) is 0 Å². The van der Waals surface area contributed by atoms with Gasteiger partial charge in [0.2, 0.25) is 0 Å². The molecule has 17 heavy (non-hydrogen) atoms. The Morgan fingerprint density at radius 1 is 1.53 bits per heavy atom. The molecular formula is C14H18N2O. The van der Waals surface area contributed by atoms with Crippen LogP contribution in [0.3, 0.4) is 0 Å². The highest BCUT2D eigenvalue weighted by atomic mass is 16.5. The summed E-state index contributed by atoms with van der Waals surface area (Å²) in [5.41, 5.74) is 2.45. The van der Waals surface area contributed by atoms with E-state index < -0.39 is 0 Å². The van der Waals surface area contributed by atoms with E-state index in [1.807, 2.05) is 6.07 Å². The first kappa shape index (κ1) is 11.8. The molecule has 1 aliphatic heterocycles. The van der Waals surface area contributed by atoms with Crippen molar-refractivity contribution in [3.8, 4) is 11.8 Å². The van der Waals surface area contributed by atoms with Gasteiger partial charge in [-0.3, -0.25) is 0 Å². The monoisotopic (exact) mass is 230 g/mol. The minimum atomic E-state index is 0.189. The zero-order valence-corrected chi connectivity index (χ0v) is 10.4. The van der Waals surface area contributed by atoms with Crippen LogP contribution in [0, 0.1) is 11.3 Å². The molecule has 1 unspecified atom stereocenters. The Morgan fingerprint density at radius 2 is 2.35 bits per heavy atom. The highest BCUT2D eigenvalue weighted by Gasteiger charge is 2.22. The lowest BCUT2D eigenvalue weighted by Crippen LogP contribution is -2.38. The van der Waals surface area contributed by atoms with E-state index in [2.05, 4.69) is 36.9 Å². The average Bonchev–Trinajstić information content (AvgIpc) is 2.35. The van der Waals surface area contributed by atoms with E-state index in [1.165, 1.54) is 5.56 Å². The van der Waals surface area contributed by atoms with Gasteiger partial charge in [-0.25, -0.2) is 0 Å². The van der Waals surface area contributed by atoms with Crippen molar-refractivity contribution in [1.82, 2.24) is 0 Å². The van der Waals surface area contributed by atoms with E-state index in [4.69, 9.17) is 10.00 Å². The lowest BCUT2D eigenvalue weighted by Gasteiger charge is -2.34. The number of hydrogen-bond donors (Lipinski definition) is 0. The largest absolute Gasteiger partial charge is 0.487 e. The normalized spacial score (nSPS) is 18.2. The number of benzene rings is 1. The molecule has 2 rings (SSSR count). The van der Waals surface area contributed by atoms with E-state index >= 15 is 0 Å². The molecule has 0 bridgehead atoms. The third kappa shape index (κ3) is 2.52. The Bertz CT molecular complexity index is 436. The summed E-state index contributed by atoms with van der Waals surface area (Å²) in [4.78, 5) is 2.26. The molecule has 0 radical (unpaired) electrons. The van der Waals surface area contributed by atoms with Gasteiger partial charge < -0.3 is 9.64 Å². The maximum atomic E-state index is 8.70. The van der Waals surface area contributed by atoms with Crippen molar-refractivity contribution in [3.63, 3.8) is 0 Å². The van der Waals surface area contributed by atoms with Crippen LogP contribution in [-0.4, -0.2) is 19.2 Å². The van der Waals surface area contributed by atoms with Gasteiger partial charge in [-0.1, -0.05) is 13.0 Å². The van der Waals surface area contributed by atoms with Crippen molar-refractivity contribution in [3.05, 3.63) is 23.8 Å². The highest BCUT2D eigenvalue weighted by molar-refractivity contribution is 5.61. The summed E-state index contributed by atoms with van der Waals surface area (Å²) >= 11 is 0. The first-order valence-electron chi connectivity index (χ1n) is 6.16. The van der Waals surface area contributed by atoms with Gasteiger partial charge in [0.05, 0.1) is 24.7 Å². The zero-order valence-electron chi connectivity index (χ0n) is 10.4. The van der Waals surface area contributed by atoms with Crippen molar-refractivity contribution >= 4 is 5.69 Å². The van der Waals surface area contributed by atoms with Crippen LogP contribution in [0.4, 0.5) is 5.69 Å². The Kier molecular flexibility index (Phi) is 3.53. The Morgan fingerprint density at radius 3 is 3.06 bits per heavy atom. The number of hydrogen-bond acceptors (Lipinski definition) is 3. The molecular weight excluding hydrogens is 212 g/mol. The van der Waals surface area contributed by atoms with Crippen LogP contribution in [0.1, 0.15) is 25.8 Å². The fourth-order valence-electron chi connectivity index (χ4n) is 2.19. The molecule has 1 heterocycles. The first-order valence-corrected chi connectivity index (χ1v) is 6.16. The topological polar surface area (TPSA) is 36.3 Å². The predicted octanol–water partition coefficient (Wildman–Crippen LogP) is 2.75. The van der Waals surface area contributed by atoms with Crippen LogP contribution < -0.4 is 9.64 Å². The van der Waals surface area contributed by atoms with E-state index in [0.29, 0.717) is 6.42 Å². The zero-order chi connectivity index (χ0) is 12.3. The molecule has 90 valence electrons. The number of nitrogens with zero attached hydrogens (tertiary/aromatic N) is 2. The van der Waals surface area contributed by atoms with Crippen LogP contribution in [0.2, 0.25) is 0 Å². The van der Waals surface area contributed by atoms with Crippen LogP contribution in [0.25, 0.3) is 0 Å². The maximum Gasteiger partial charge on any atom is 0.143 e. The summed E-state index contributed by atoms with van der Waals surface area (Å²) < 4.78 is 5.82. The van der Waals surface area contributed by atoms with Gasteiger partial charge in [-0.05, 0) is 31.0 Å². The standard InChI is InChI=1S/C14H18N2O/c1-3-12-5-6-14-13(9-12)16(8-4-7-15)10-11(2)17-14/h5-6,9,11H,3-4,8,10H2,1-2H3. The van der Waals surface area contributed by atoms with Gasteiger partial charge in [0, 0.05) is 6.54 Å². The molecule has 1 atom stereocenters. The van der Waals surface area contributed by atoms with E-state index in [1.54, 1.807) is 0 Å². The van der Waals surface area contributed by atoms with Crippen LogP contribution in [0.15, 0.2) is 18.2 Å². The van der Waals surface area contributed by atoms with Crippen molar-refractivity contribution in [2.24, 2.45) is 0 Å². The third-order valence-corrected chi connectivity index (χ3v) is 3.07. The molecule has 0 aromatic heterocycles. The molecule has 1 aromatic rings. The second kappa shape index (κ2) is 5.09. The number of anilines is 1. The highest BCUT2D eigenvalue weighted by Crippen LogP contribution is 2.34. The van der Waals surface area contributed by atoms with Crippen molar-refractivity contribution < 1.29 is 4.74 Å². The maximum absolute atomic E-state index is 8.70. The quantitative estimate of drug-likeness (QED) is 0.801. The SMILES string of the molecule is CCc1ccc2c(c1)N(CCC#N)CC(C)O2. The number of rotatable bonds is 3. The average molecular weight is 230 g/mol. The summed E-state index contributed by atoms with van der Waals surface area (Å²) in [7, 11) is 0. The Balaban J connectivity index is 2.29. The minimum absolute atomic E-state index is 0.189. The number of fused-ring (bicyclic) bond motifs is 1. The Hall–Kier alpha value is -1.69. The number of ether oxygens (including phenoxy) is 1. The summed E-state index contributed by atoms with van der Waals surface area (Å²) in [6, 6.07) is 8.54. The molecule has 3 heteroatoms. The lowest BCUT2D eigenvalue weighted by molar-refractivity contribution is 0.213. The van der Waals surface area contributed by atoms with Crippen LogP contribution >= 0.6 is 0 Å². The van der Waals surface area contributed by atoms with E-state index in [0.717, 1.165) is 30.9 Å². The van der Waals surface area contributed by atoms with Crippen molar-refractivity contribution in [2.45, 2.75) is 32.8 Å². The summed E-state index contributed by atoms with van der Waals surface area (Å²) in [5, 5.41) is 8.70. The molecule has 1 aliphatic rings. The van der Waals surface area contributed by atoms with Crippen LogP contribution in [0.5, 0.6) is 5.75 Å². The molecule has 0 saturated carbocycles. The summed E-state index contributed by atoms with van der Waals surface area (Å²) in [6.45, 7) is 5.86. The van der Waals surface area contributed by atoms with Crippen molar-refractivity contribution in [2.75, 3.05) is 18.0 Å². The molecule has 0 N–H and O–H groups in total. The molecule has 1 aromatic carbocycles. The van der Waals surface area contributed by atoms with Crippen LogP contribution in [-0.2, 0) is 6.42 Å². The number of nitriles is 1. The fourth-order valence-corrected chi connectivity index (χ4v) is 2.19. The van der Waals surface area contributed by atoms with E-state index in [-0.39, 0.29) is 6.10 Å². The van der Waals surface area contributed by atoms with Gasteiger partial charge in [0.1, 0.15) is 11.9 Å². The third-order valence-electron chi connectivity index (χ3n) is 3.07. The first-order chi connectivity index (χ1) is 8.24. The molecule has 0 spiro atoms. The van der Waals surface area contributed by atoms with Crippen molar-refractivity contribution in [1.29, 1.82) is 5.26 Å².